The minimum atomic E-state index is -0.251. The van der Waals surface area contributed by atoms with Crippen LogP contribution in [0, 0.1) is 52.3 Å². The van der Waals surface area contributed by atoms with Crippen LogP contribution in [0.5, 0.6) is 0 Å². The molecule has 1 N–H and O–H groups in total. The molecule has 230 valence electrons. The van der Waals surface area contributed by atoms with Gasteiger partial charge in [-0.15, -0.1) is 0 Å². The number of carbonyl (C=O) groups excluding carboxylic acids is 2. The summed E-state index contributed by atoms with van der Waals surface area (Å²) < 4.78 is 19.6. The van der Waals surface area contributed by atoms with Crippen LogP contribution in [0.1, 0.15) is 103 Å². The van der Waals surface area contributed by atoms with Gasteiger partial charge >= 0.3 is 11.9 Å². The van der Waals surface area contributed by atoms with E-state index in [0.29, 0.717) is 47.0 Å². The number of ether oxygens (including phenoxy) is 3. The maximum Gasteiger partial charge on any atom is 0.338 e. The molecule has 42 heavy (non-hydrogen) atoms. The molecule has 4 saturated carbocycles. The summed E-state index contributed by atoms with van der Waals surface area (Å²) in [5.41, 5.74) is 0.436. The second kappa shape index (κ2) is 10.3. The second-order valence-corrected chi connectivity index (χ2v) is 15.6. The van der Waals surface area contributed by atoms with Gasteiger partial charge in [0.25, 0.3) is 0 Å². The predicted molar refractivity (Wildman–Crippen MR) is 160 cm³/mol. The summed E-state index contributed by atoms with van der Waals surface area (Å²) in [5, 5.41) is 3.87. The molecule has 6 heteroatoms. The minimum Gasteiger partial charge on any atom is -0.463 e. The molecule has 2 aliphatic heterocycles. The number of benzene rings is 1. The molecule has 2 saturated heterocycles. The quantitative estimate of drug-likeness (QED) is 0.400. The standard InChI is InChI=1S/C36H51NO5/c1-21-13-16-36(37-20-21)22(2)32-30(42-36)18-29-27-12-11-25-17-26(40-23(3)38)14-15-34(25,4)28(27)19-31(35(29,32)5)41-33(39)24-9-7-6-8-10-24/h6-10,21-22,25-32,37H,11-20H2,1-5H3/t21-,22+,25+,26+,27-,28+,29+,30+,31-,32+,34+,35-,36-/m1/s1. The number of fused-ring (bicyclic) bond motifs is 7. The fraction of sp³-hybridized carbons (Fsp3) is 0.778. The van der Waals surface area contributed by atoms with Crippen LogP contribution in [-0.2, 0) is 19.0 Å². The highest BCUT2D eigenvalue weighted by Crippen LogP contribution is 2.71. The average Bonchev–Trinajstić information content (AvgIpc) is 3.41. The van der Waals surface area contributed by atoms with Gasteiger partial charge in [-0.1, -0.05) is 45.9 Å². The Labute approximate surface area is 252 Å². The summed E-state index contributed by atoms with van der Waals surface area (Å²) in [6.07, 6.45) is 9.75. The number of nitrogens with one attached hydrogen (secondary N) is 1. The van der Waals surface area contributed by atoms with Crippen LogP contribution < -0.4 is 5.32 Å². The molecule has 0 radical (unpaired) electrons. The molecule has 0 aromatic heterocycles. The largest absolute Gasteiger partial charge is 0.463 e. The van der Waals surface area contributed by atoms with Crippen LogP contribution >= 0.6 is 0 Å². The van der Waals surface area contributed by atoms with Gasteiger partial charge in [0.1, 0.15) is 17.9 Å². The Kier molecular flexibility index (Phi) is 7.09. The van der Waals surface area contributed by atoms with E-state index in [1.165, 1.54) is 26.2 Å². The predicted octanol–water partition coefficient (Wildman–Crippen LogP) is 6.77. The Morgan fingerprint density at radius 3 is 2.43 bits per heavy atom. The normalized spacial score (nSPS) is 49.4. The fourth-order valence-electron chi connectivity index (χ4n) is 11.6. The summed E-state index contributed by atoms with van der Waals surface area (Å²) in [5.74, 6) is 3.19. The van der Waals surface area contributed by atoms with Crippen molar-refractivity contribution in [3.8, 4) is 0 Å². The van der Waals surface area contributed by atoms with Crippen LogP contribution in [0.3, 0.4) is 0 Å². The molecule has 0 unspecified atom stereocenters. The van der Waals surface area contributed by atoms with Crippen LogP contribution in [0.4, 0.5) is 0 Å². The molecule has 6 fully saturated rings. The Morgan fingerprint density at radius 2 is 1.71 bits per heavy atom. The van der Waals surface area contributed by atoms with Crippen molar-refractivity contribution in [2.45, 2.75) is 116 Å². The first kappa shape index (κ1) is 28.8. The Bertz CT molecular complexity index is 1190. The van der Waals surface area contributed by atoms with Crippen molar-refractivity contribution in [3.05, 3.63) is 35.9 Å². The van der Waals surface area contributed by atoms with Gasteiger partial charge in [-0.2, -0.15) is 0 Å². The Hall–Kier alpha value is -1.92. The molecule has 13 atom stereocenters. The summed E-state index contributed by atoms with van der Waals surface area (Å²) in [7, 11) is 0. The lowest BCUT2D eigenvalue weighted by Crippen LogP contribution is -2.61. The molecule has 0 bridgehead atoms. The highest BCUT2D eigenvalue weighted by Gasteiger charge is 2.72. The second-order valence-electron chi connectivity index (χ2n) is 15.6. The first-order chi connectivity index (χ1) is 20.0. The van der Waals surface area contributed by atoms with Gasteiger partial charge in [0.05, 0.1) is 11.7 Å². The highest BCUT2D eigenvalue weighted by molar-refractivity contribution is 5.89. The van der Waals surface area contributed by atoms with E-state index >= 15 is 0 Å². The summed E-state index contributed by atoms with van der Waals surface area (Å²) in [4.78, 5) is 25.5. The van der Waals surface area contributed by atoms with Gasteiger partial charge in [-0.3, -0.25) is 10.1 Å². The first-order valence-electron chi connectivity index (χ1n) is 16.9. The topological polar surface area (TPSA) is 73.9 Å². The maximum absolute atomic E-state index is 13.7. The molecule has 1 aromatic rings. The van der Waals surface area contributed by atoms with Gasteiger partial charge in [0.15, 0.2) is 0 Å². The number of esters is 2. The van der Waals surface area contributed by atoms with Gasteiger partial charge < -0.3 is 14.2 Å². The third-order valence-corrected chi connectivity index (χ3v) is 13.8. The molecule has 2 heterocycles. The van der Waals surface area contributed by atoms with E-state index in [2.05, 4.69) is 33.0 Å². The number of hydrogen-bond acceptors (Lipinski definition) is 6. The van der Waals surface area contributed by atoms with Crippen LogP contribution in [0.2, 0.25) is 0 Å². The van der Waals surface area contributed by atoms with Crippen LogP contribution in [0.25, 0.3) is 0 Å². The summed E-state index contributed by atoms with van der Waals surface area (Å²) >= 11 is 0. The van der Waals surface area contributed by atoms with Crippen LogP contribution in [0.15, 0.2) is 30.3 Å². The van der Waals surface area contributed by atoms with Gasteiger partial charge in [0, 0.05) is 30.7 Å². The van der Waals surface area contributed by atoms with E-state index in [-0.39, 0.29) is 46.8 Å². The highest BCUT2D eigenvalue weighted by atomic mass is 16.6. The molecule has 1 spiro atoms. The third kappa shape index (κ3) is 4.32. The SMILES string of the molecule is CC(=O)O[C@H]1CC[C@@]2(C)[C@@H](CC[C@@H]3[C@@H]2C[C@@H](OC(=O)c2ccccc2)[C@]2(C)[C@@H]4[C@H](C[C@@H]32)O[C@]2(CC[C@@H](C)CN2)[C@H]4C)C1. The van der Waals surface area contributed by atoms with Crippen LogP contribution in [-0.4, -0.2) is 42.5 Å². The van der Waals surface area contributed by atoms with E-state index < -0.39 is 0 Å². The monoisotopic (exact) mass is 577 g/mol. The van der Waals surface area contributed by atoms with Crippen molar-refractivity contribution in [2.24, 2.45) is 52.3 Å². The summed E-state index contributed by atoms with van der Waals surface area (Å²) in [6, 6.07) is 9.55. The van der Waals surface area contributed by atoms with Gasteiger partial charge in [0.2, 0.25) is 0 Å². The van der Waals surface area contributed by atoms with Crippen molar-refractivity contribution in [1.29, 1.82) is 0 Å². The fourth-order valence-corrected chi connectivity index (χ4v) is 11.6. The van der Waals surface area contributed by atoms with Crippen molar-refractivity contribution in [3.63, 3.8) is 0 Å². The molecule has 7 rings (SSSR count). The number of rotatable bonds is 3. The van der Waals surface area contributed by atoms with Crippen molar-refractivity contribution in [1.82, 2.24) is 5.32 Å². The zero-order chi connectivity index (χ0) is 29.4. The first-order valence-corrected chi connectivity index (χ1v) is 16.9. The molecule has 0 amide bonds. The number of hydrogen-bond donors (Lipinski definition) is 1. The van der Waals surface area contributed by atoms with E-state index in [0.717, 1.165) is 45.1 Å². The van der Waals surface area contributed by atoms with Crippen molar-refractivity contribution in [2.75, 3.05) is 6.54 Å². The zero-order valence-electron chi connectivity index (χ0n) is 26.3. The smallest absolute Gasteiger partial charge is 0.338 e. The Balaban J connectivity index is 1.22. The molecule has 1 aromatic carbocycles. The summed E-state index contributed by atoms with van der Waals surface area (Å²) in [6.45, 7) is 12.3. The lowest BCUT2D eigenvalue weighted by molar-refractivity contribution is -0.184. The third-order valence-electron chi connectivity index (χ3n) is 13.8. The van der Waals surface area contributed by atoms with Gasteiger partial charge in [-0.05, 0) is 105 Å². The molecule has 6 aliphatic rings. The molecular formula is C36H51NO5. The number of carbonyl (C=O) groups is 2. The minimum absolute atomic E-state index is 0.0414. The van der Waals surface area contributed by atoms with Crippen molar-refractivity contribution < 1.29 is 23.8 Å². The lowest BCUT2D eigenvalue weighted by Gasteiger charge is -2.62. The van der Waals surface area contributed by atoms with E-state index in [1.54, 1.807) is 0 Å². The average molecular weight is 578 g/mol. The lowest BCUT2D eigenvalue weighted by atomic mass is 9.43. The molecular weight excluding hydrogens is 526 g/mol. The van der Waals surface area contributed by atoms with Gasteiger partial charge in [-0.25, -0.2) is 4.79 Å². The van der Waals surface area contributed by atoms with E-state index in [1.807, 2.05) is 30.3 Å². The zero-order valence-corrected chi connectivity index (χ0v) is 26.3. The van der Waals surface area contributed by atoms with Crippen molar-refractivity contribution >= 4 is 11.9 Å². The Morgan fingerprint density at radius 1 is 0.929 bits per heavy atom. The molecule has 6 nitrogen and oxygen atoms in total. The number of piperidine rings is 1. The maximum atomic E-state index is 13.7. The van der Waals surface area contributed by atoms with E-state index in [9.17, 15) is 9.59 Å². The molecule has 4 aliphatic carbocycles. The van der Waals surface area contributed by atoms with E-state index in [4.69, 9.17) is 14.2 Å².